The average molecular weight is 210 g/mol. The largest absolute Gasteiger partial charge is 0.0654 e. The highest BCUT2D eigenvalue weighted by Gasteiger charge is 2.60. The fourth-order valence-corrected chi connectivity index (χ4v) is 3.51. The molecule has 90 valence electrons. The predicted molar refractivity (Wildman–Crippen MR) is 68.9 cm³/mol. The lowest BCUT2D eigenvalue weighted by Gasteiger charge is -2.25. The van der Waals surface area contributed by atoms with Crippen molar-refractivity contribution in [3.8, 4) is 0 Å². The van der Waals surface area contributed by atoms with Crippen molar-refractivity contribution >= 4 is 0 Å². The van der Waals surface area contributed by atoms with Gasteiger partial charge < -0.3 is 0 Å². The molecule has 0 nitrogen and oxygen atoms in total. The number of rotatable bonds is 6. The monoisotopic (exact) mass is 210 g/mol. The fraction of sp³-hybridized carbons (Fsp3) is 1.00. The van der Waals surface area contributed by atoms with Crippen LogP contribution in [0.4, 0.5) is 0 Å². The maximum absolute atomic E-state index is 2.53. The molecule has 0 N–H and O–H groups in total. The summed E-state index contributed by atoms with van der Waals surface area (Å²) < 4.78 is 0. The Morgan fingerprint density at radius 2 is 1.73 bits per heavy atom. The van der Waals surface area contributed by atoms with Gasteiger partial charge in [-0.1, -0.05) is 60.8 Å². The summed E-state index contributed by atoms with van der Waals surface area (Å²) >= 11 is 0. The van der Waals surface area contributed by atoms with Gasteiger partial charge >= 0.3 is 0 Å². The minimum Gasteiger partial charge on any atom is -0.0654 e. The molecule has 15 heavy (non-hydrogen) atoms. The molecule has 0 heterocycles. The first-order valence-electron chi connectivity index (χ1n) is 6.96. The molecule has 0 saturated heterocycles. The van der Waals surface area contributed by atoms with Crippen molar-refractivity contribution in [1.29, 1.82) is 0 Å². The molecule has 1 aliphatic carbocycles. The Balaban J connectivity index is 2.43. The SMILES string of the molecule is CCCCCC1C(C)C1(C)C(C)C(C)C. The number of hydrogen-bond donors (Lipinski definition) is 0. The van der Waals surface area contributed by atoms with Crippen molar-refractivity contribution in [2.45, 2.75) is 67.2 Å². The molecule has 0 aromatic heterocycles. The highest BCUT2D eigenvalue weighted by molar-refractivity contribution is 5.08. The maximum atomic E-state index is 2.53. The highest BCUT2D eigenvalue weighted by Crippen LogP contribution is 2.66. The van der Waals surface area contributed by atoms with Crippen LogP contribution in [0.15, 0.2) is 0 Å². The molecule has 1 fully saturated rings. The molecule has 0 bridgehead atoms. The second-order valence-corrected chi connectivity index (χ2v) is 6.29. The van der Waals surface area contributed by atoms with Gasteiger partial charge in [0.25, 0.3) is 0 Å². The molecule has 1 saturated carbocycles. The topological polar surface area (TPSA) is 0 Å². The quantitative estimate of drug-likeness (QED) is 0.533. The van der Waals surface area contributed by atoms with E-state index in [1.165, 1.54) is 25.7 Å². The van der Waals surface area contributed by atoms with E-state index in [4.69, 9.17) is 0 Å². The van der Waals surface area contributed by atoms with Gasteiger partial charge in [0.05, 0.1) is 0 Å². The van der Waals surface area contributed by atoms with E-state index in [0.29, 0.717) is 5.41 Å². The van der Waals surface area contributed by atoms with Crippen molar-refractivity contribution in [1.82, 2.24) is 0 Å². The second kappa shape index (κ2) is 4.89. The van der Waals surface area contributed by atoms with E-state index in [1.807, 2.05) is 0 Å². The van der Waals surface area contributed by atoms with Crippen LogP contribution in [-0.2, 0) is 0 Å². The Morgan fingerprint density at radius 1 is 1.13 bits per heavy atom. The third kappa shape index (κ3) is 2.40. The summed E-state index contributed by atoms with van der Waals surface area (Å²) in [5, 5.41) is 0. The Labute approximate surface area is 96.8 Å². The first-order valence-corrected chi connectivity index (χ1v) is 6.96. The molecule has 4 unspecified atom stereocenters. The Morgan fingerprint density at radius 3 is 2.20 bits per heavy atom. The molecule has 0 radical (unpaired) electrons. The summed E-state index contributed by atoms with van der Waals surface area (Å²) in [6, 6.07) is 0. The van der Waals surface area contributed by atoms with Crippen molar-refractivity contribution < 1.29 is 0 Å². The molecule has 0 spiro atoms. The summed E-state index contributed by atoms with van der Waals surface area (Å²) in [5.41, 5.74) is 0.655. The van der Waals surface area contributed by atoms with Crippen LogP contribution < -0.4 is 0 Å². The van der Waals surface area contributed by atoms with E-state index >= 15 is 0 Å². The maximum Gasteiger partial charge on any atom is -0.0238 e. The van der Waals surface area contributed by atoms with Crippen LogP contribution in [-0.4, -0.2) is 0 Å². The molecule has 0 heteroatoms. The summed E-state index contributed by atoms with van der Waals surface area (Å²) in [6.45, 7) is 14.5. The summed E-state index contributed by atoms with van der Waals surface area (Å²) in [6.07, 6.45) is 5.71. The fourth-order valence-electron chi connectivity index (χ4n) is 3.51. The smallest absolute Gasteiger partial charge is 0.0238 e. The molecular weight excluding hydrogens is 180 g/mol. The predicted octanol–water partition coefficient (Wildman–Crippen LogP) is 5.13. The van der Waals surface area contributed by atoms with Crippen molar-refractivity contribution in [2.24, 2.45) is 29.1 Å². The van der Waals surface area contributed by atoms with E-state index < -0.39 is 0 Å². The molecule has 0 aliphatic heterocycles. The van der Waals surface area contributed by atoms with E-state index in [2.05, 4.69) is 41.5 Å². The zero-order chi connectivity index (χ0) is 11.6. The molecular formula is C15H30. The van der Waals surface area contributed by atoms with Crippen LogP contribution in [0.1, 0.15) is 67.2 Å². The van der Waals surface area contributed by atoms with Crippen LogP contribution in [0, 0.1) is 29.1 Å². The summed E-state index contributed by atoms with van der Waals surface area (Å²) in [4.78, 5) is 0. The van der Waals surface area contributed by atoms with E-state index in [1.54, 1.807) is 0 Å². The van der Waals surface area contributed by atoms with Crippen LogP contribution in [0.3, 0.4) is 0 Å². The molecule has 1 aliphatic rings. The van der Waals surface area contributed by atoms with E-state index in [0.717, 1.165) is 23.7 Å². The van der Waals surface area contributed by atoms with Gasteiger partial charge in [-0.3, -0.25) is 0 Å². The zero-order valence-electron chi connectivity index (χ0n) is 11.6. The first-order chi connectivity index (χ1) is 6.96. The zero-order valence-corrected chi connectivity index (χ0v) is 11.6. The minimum atomic E-state index is 0.655. The Hall–Kier alpha value is 0. The number of hydrogen-bond acceptors (Lipinski definition) is 0. The van der Waals surface area contributed by atoms with Crippen molar-refractivity contribution in [3.63, 3.8) is 0 Å². The second-order valence-electron chi connectivity index (χ2n) is 6.29. The lowest BCUT2D eigenvalue weighted by molar-refractivity contribution is 0.238. The first kappa shape index (κ1) is 13.1. The molecule has 1 rings (SSSR count). The molecule has 0 aromatic rings. The van der Waals surface area contributed by atoms with Gasteiger partial charge in [-0.15, -0.1) is 0 Å². The molecule has 0 aromatic carbocycles. The Kier molecular flexibility index (Phi) is 4.26. The minimum absolute atomic E-state index is 0.655. The Bertz CT molecular complexity index is 194. The normalized spacial score (nSPS) is 37.0. The van der Waals surface area contributed by atoms with Crippen molar-refractivity contribution in [2.75, 3.05) is 0 Å². The average Bonchev–Trinajstić information content (AvgIpc) is 2.71. The van der Waals surface area contributed by atoms with E-state index in [9.17, 15) is 0 Å². The molecule has 0 amide bonds. The van der Waals surface area contributed by atoms with Gasteiger partial charge in [0.15, 0.2) is 0 Å². The standard InChI is InChI=1S/C15H30/c1-7-8-9-10-14-13(5)15(14,6)12(4)11(2)3/h11-14H,7-10H2,1-6H3. The van der Waals surface area contributed by atoms with Crippen LogP contribution >= 0.6 is 0 Å². The lowest BCUT2D eigenvalue weighted by atomic mass is 9.80. The molecule has 4 atom stereocenters. The summed E-state index contributed by atoms with van der Waals surface area (Å²) in [5.74, 6) is 3.71. The number of unbranched alkanes of at least 4 members (excludes halogenated alkanes) is 2. The van der Waals surface area contributed by atoms with Gasteiger partial charge in [0.2, 0.25) is 0 Å². The summed E-state index contributed by atoms with van der Waals surface area (Å²) in [7, 11) is 0. The van der Waals surface area contributed by atoms with Gasteiger partial charge in [0.1, 0.15) is 0 Å². The van der Waals surface area contributed by atoms with Crippen molar-refractivity contribution in [3.05, 3.63) is 0 Å². The van der Waals surface area contributed by atoms with Crippen LogP contribution in [0.2, 0.25) is 0 Å². The third-order valence-corrected chi connectivity index (χ3v) is 5.37. The van der Waals surface area contributed by atoms with Gasteiger partial charge in [0, 0.05) is 0 Å². The lowest BCUT2D eigenvalue weighted by Crippen LogP contribution is -2.18. The van der Waals surface area contributed by atoms with Crippen LogP contribution in [0.5, 0.6) is 0 Å². The van der Waals surface area contributed by atoms with Gasteiger partial charge in [-0.2, -0.15) is 0 Å². The van der Waals surface area contributed by atoms with Gasteiger partial charge in [-0.05, 0) is 35.5 Å². The third-order valence-electron chi connectivity index (χ3n) is 5.37. The van der Waals surface area contributed by atoms with E-state index in [-0.39, 0.29) is 0 Å². The highest BCUT2D eigenvalue weighted by atomic mass is 14.6. The van der Waals surface area contributed by atoms with Crippen LogP contribution in [0.25, 0.3) is 0 Å². The van der Waals surface area contributed by atoms with Gasteiger partial charge in [-0.25, -0.2) is 0 Å².